The Morgan fingerprint density at radius 3 is 2.67 bits per heavy atom. The Bertz CT molecular complexity index is 629. The van der Waals surface area contributed by atoms with Gasteiger partial charge in [0.2, 0.25) is 0 Å². The fourth-order valence-corrected chi connectivity index (χ4v) is 3.07. The first kappa shape index (κ1) is 15.4. The average Bonchev–Trinajstić information content (AvgIpc) is 2.76. The van der Waals surface area contributed by atoms with E-state index in [1.807, 2.05) is 6.92 Å². The van der Waals surface area contributed by atoms with E-state index in [1.54, 1.807) is 29.5 Å². The number of thiophene rings is 1. The van der Waals surface area contributed by atoms with Crippen LogP contribution in [0.3, 0.4) is 0 Å². The highest BCUT2D eigenvalue weighted by Crippen LogP contribution is 2.24. The molecule has 0 spiro atoms. The number of nitrogen functional groups attached to an aromatic ring is 1. The molecule has 0 saturated carbocycles. The summed E-state index contributed by atoms with van der Waals surface area (Å²) in [5, 5.41) is 6.14. The molecule has 0 aliphatic rings. The van der Waals surface area contributed by atoms with Crippen LogP contribution in [0.2, 0.25) is 0 Å². The van der Waals surface area contributed by atoms with Crippen LogP contribution in [0, 0.1) is 13.8 Å². The van der Waals surface area contributed by atoms with Crippen LogP contribution in [0.1, 0.15) is 32.6 Å². The van der Waals surface area contributed by atoms with Crippen molar-refractivity contribution >= 4 is 28.6 Å². The quantitative estimate of drug-likeness (QED) is 0.742. The first-order chi connectivity index (χ1) is 10.0. The van der Waals surface area contributed by atoms with Crippen molar-refractivity contribution in [1.82, 2.24) is 5.32 Å². The second-order valence-electron chi connectivity index (χ2n) is 4.97. The van der Waals surface area contributed by atoms with Gasteiger partial charge in [0.15, 0.2) is 0 Å². The molecule has 0 aliphatic carbocycles. The molecule has 4 nitrogen and oxygen atoms in total. The molecule has 5 heteroatoms. The van der Waals surface area contributed by atoms with Crippen molar-refractivity contribution in [3.63, 3.8) is 0 Å². The van der Waals surface area contributed by atoms with Gasteiger partial charge in [-0.1, -0.05) is 0 Å². The number of aryl methyl sites for hydroxylation is 2. The standard InChI is InChI=1S/C16H21N3OS/c1-4-18-16(20)14-6-5-12(17)8-15(14)19-9-13-7-10(2)11(3)21-13/h5-8,19H,4,9,17H2,1-3H3,(H,18,20). The zero-order chi connectivity index (χ0) is 15.4. The summed E-state index contributed by atoms with van der Waals surface area (Å²) < 4.78 is 0. The lowest BCUT2D eigenvalue weighted by atomic mass is 10.1. The molecule has 0 saturated heterocycles. The molecule has 1 heterocycles. The minimum Gasteiger partial charge on any atom is -0.399 e. The van der Waals surface area contributed by atoms with E-state index in [0.29, 0.717) is 24.3 Å². The molecule has 2 rings (SSSR count). The number of amides is 1. The molecule has 21 heavy (non-hydrogen) atoms. The molecule has 0 bridgehead atoms. The van der Waals surface area contributed by atoms with Gasteiger partial charge in [-0.3, -0.25) is 4.79 Å². The van der Waals surface area contributed by atoms with Gasteiger partial charge < -0.3 is 16.4 Å². The molecule has 0 atom stereocenters. The summed E-state index contributed by atoms with van der Waals surface area (Å²) in [4.78, 5) is 14.6. The van der Waals surface area contributed by atoms with E-state index in [2.05, 4.69) is 30.5 Å². The summed E-state index contributed by atoms with van der Waals surface area (Å²) in [7, 11) is 0. The zero-order valence-corrected chi connectivity index (χ0v) is 13.4. The molecule has 0 aliphatic heterocycles. The number of carbonyl (C=O) groups is 1. The van der Waals surface area contributed by atoms with Crippen molar-refractivity contribution in [2.75, 3.05) is 17.6 Å². The number of nitrogens with two attached hydrogens (primary N) is 1. The number of carbonyl (C=O) groups excluding carboxylic acids is 1. The molecule has 0 radical (unpaired) electrons. The maximum Gasteiger partial charge on any atom is 0.253 e. The molecular formula is C16H21N3OS. The van der Waals surface area contributed by atoms with E-state index in [4.69, 9.17) is 5.73 Å². The Kier molecular flexibility index (Phi) is 4.85. The number of hydrogen-bond acceptors (Lipinski definition) is 4. The first-order valence-corrected chi connectivity index (χ1v) is 7.80. The summed E-state index contributed by atoms with van der Waals surface area (Å²) in [5.41, 5.74) is 9.16. The predicted octanol–water partition coefficient (Wildman–Crippen LogP) is 3.31. The third-order valence-corrected chi connectivity index (χ3v) is 4.45. The van der Waals surface area contributed by atoms with Gasteiger partial charge in [0, 0.05) is 34.2 Å². The minimum absolute atomic E-state index is 0.0847. The largest absolute Gasteiger partial charge is 0.399 e. The van der Waals surface area contributed by atoms with Crippen LogP contribution in [-0.4, -0.2) is 12.5 Å². The number of benzene rings is 1. The van der Waals surface area contributed by atoms with Crippen LogP contribution < -0.4 is 16.4 Å². The number of rotatable bonds is 5. The average molecular weight is 303 g/mol. The fraction of sp³-hybridized carbons (Fsp3) is 0.312. The highest BCUT2D eigenvalue weighted by molar-refractivity contribution is 7.12. The lowest BCUT2D eigenvalue weighted by Gasteiger charge is -2.12. The van der Waals surface area contributed by atoms with E-state index < -0.39 is 0 Å². The van der Waals surface area contributed by atoms with Crippen molar-refractivity contribution in [2.45, 2.75) is 27.3 Å². The third kappa shape index (κ3) is 3.76. The highest BCUT2D eigenvalue weighted by Gasteiger charge is 2.11. The van der Waals surface area contributed by atoms with Gasteiger partial charge in [-0.05, 0) is 50.6 Å². The van der Waals surface area contributed by atoms with Crippen molar-refractivity contribution in [2.24, 2.45) is 0 Å². The van der Waals surface area contributed by atoms with E-state index in [-0.39, 0.29) is 5.91 Å². The zero-order valence-electron chi connectivity index (χ0n) is 12.6. The van der Waals surface area contributed by atoms with Crippen LogP contribution in [0.15, 0.2) is 24.3 Å². The van der Waals surface area contributed by atoms with E-state index in [0.717, 1.165) is 5.69 Å². The van der Waals surface area contributed by atoms with Gasteiger partial charge in [0.05, 0.1) is 5.56 Å². The molecule has 2 aromatic rings. The maximum absolute atomic E-state index is 12.1. The second-order valence-corrected chi connectivity index (χ2v) is 6.31. The van der Waals surface area contributed by atoms with Crippen LogP contribution >= 0.6 is 11.3 Å². The molecule has 1 aromatic carbocycles. The first-order valence-electron chi connectivity index (χ1n) is 6.98. The van der Waals surface area contributed by atoms with Gasteiger partial charge in [-0.15, -0.1) is 11.3 Å². The van der Waals surface area contributed by atoms with Crippen LogP contribution in [0.25, 0.3) is 0 Å². The Labute approximate surface area is 129 Å². The summed E-state index contributed by atoms with van der Waals surface area (Å²) in [6, 6.07) is 7.48. The molecule has 1 amide bonds. The summed E-state index contributed by atoms with van der Waals surface area (Å²) in [6.45, 7) is 7.42. The SMILES string of the molecule is CCNC(=O)c1ccc(N)cc1NCc1cc(C)c(C)s1. The lowest BCUT2D eigenvalue weighted by Crippen LogP contribution is -2.23. The maximum atomic E-state index is 12.1. The monoisotopic (exact) mass is 303 g/mol. The Morgan fingerprint density at radius 1 is 1.29 bits per heavy atom. The van der Waals surface area contributed by atoms with Gasteiger partial charge in [0.25, 0.3) is 5.91 Å². The minimum atomic E-state index is -0.0847. The van der Waals surface area contributed by atoms with E-state index in [9.17, 15) is 4.79 Å². The second kappa shape index (κ2) is 6.63. The summed E-state index contributed by atoms with van der Waals surface area (Å²) in [6.07, 6.45) is 0. The number of hydrogen-bond donors (Lipinski definition) is 3. The van der Waals surface area contributed by atoms with Crippen molar-refractivity contribution < 1.29 is 4.79 Å². The number of anilines is 2. The lowest BCUT2D eigenvalue weighted by molar-refractivity contribution is 0.0956. The predicted molar refractivity (Wildman–Crippen MR) is 90.0 cm³/mol. The highest BCUT2D eigenvalue weighted by atomic mass is 32.1. The van der Waals surface area contributed by atoms with Crippen molar-refractivity contribution in [3.05, 3.63) is 45.1 Å². The van der Waals surface area contributed by atoms with Crippen molar-refractivity contribution in [1.29, 1.82) is 0 Å². The smallest absolute Gasteiger partial charge is 0.253 e. The molecule has 4 N–H and O–H groups in total. The molecule has 1 aromatic heterocycles. The van der Waals surface area contributed by atoms with Gasteiger partial charge in [0.1, 0.15) is 0 Å². The Hall–Kier alpha value is -2.01. The summed E-state index contributed by atoms with van der Waals surface area (Å²) >= 11 is 1.77. The normalized spacial score (nSPS) is 10.4. The third-order valence-electron chi connectivity index (χ3n) is 3.30. The number of nitrogens with one attached hydrogen (secondary N) is 2. The van der Waals surface area contributed by atoms with Crippen LogP contribution in [0.5, 0.6) is 0 Å². The topological polar surface area (TPSA) is 67.2 Å². The van der Waals surface area contributed by atoms with Crippen molar-refractivity contribution in [3.8, 4) is 0 Å². The molecular weight excluding hydrogens is 282 g/mol. The van der Waals surface area contributed by atoms with Crippen LogP contribution in [-0.2, 0) is 6.54 Å². The van der Waals surface area contributed by atoms with Gasteiger partial charge in [-0.2, -0.15) is 0 Å². The van der Waals surface area contributed by atoms with E-state index in [1.165, 1.54) is 15.3 Å². The van der Waals surface area contributed by atoms with Gasteiger partial charge in [-0.25, -0.2) is 0 Å². The Balaban J connectivity index is 2.18. The van der Waals surface area contributed by atoms with Gasteiger partial charge >= 0.3 is 0 Å². The van der Waals surface area contributed by atoms with Crippen LogP contribution in [0.4, 0.5) is 11.4 Å². The molecule has 112 valence electrons. The fourth-order valence-electron chi connectivity index (χ4n) is 2.08. The molecule has 0 fully saturated rings. The Morgan fingerprint density at radius 2 is 2.05 bits per heavy atom. The summed E-state index contributed by atoms with van der Waals surface area (Å²) in [5.74, 6) is -0.0847. The molecule has 0 unspecified atom stereocenters. The van der Waals surface area contributed by atoms with E-state index >= 15 is 0 Å².